The maximum Gasteiger partial charge on any atom is 0.325 e. The summed E-state index contributed by atoms with van der Waals surface area (Å²) in [5, 5.41) is 20.3. The Balaban J connectivity index is 2.52. The van der Waals surface area contributed by atoms with E-state index < -0.39 is 11.6 Å². The average Bonchev–Trinajstić information content (AvgIpc) is 2.47. The molecule has 0 aromatic carbocycles. The van der Waals surface area contributed by atoms with E-state index in [1.165, 1.54) is 4.90 Å². The molecular formula is C11H21N3O4. The van der Waals surface area contributed by atoms with Crippen LogP contribution in [0.3, 0.4) is 0 Å². The third kappa shape index (κ3) is 3.41. The standard InChI is InChI=1S/C11H21N3O4/c1-11(2)9(17)14(10(18)12-11)4-3-13(5-7-15)6-8-16/h15-16H,3-8H2,1-2H3,(H,12,18). The predicted octanol–water partition coefficient (Wildman–Crippen LogP) is -1.40. The number of imide groups is 1. The van der Waals surface area contributed by atoms with E-state index >= 15 is 0 Å². The molecule has 104 valence electrons. The molecule has 7 heteroatoms. The van der Waals surface area contributed by atoms with Gasteiger partial charge in [0.05, 0.1) is 13.2 Å². The van der Waals surface area contributed by atoms with Gasteiger partial charge in [0.1, 0.15) is 5.54 Å². The summed E-state index contributed by atoms with van der Waals surface area (Å²) >= 11 is 0. The maximum atomic E-state index is 11.9. The molecule has 0 aliphatic carbocycles. The van der Waals surface area contributed by atoms with Crippen LogP contribution in [0.4, 0.5) is 4.79 Å². The number of rotatable bonds is 7. The molecule has 1 fully saturated rings. The van der Waals surface area contributed by atoms with Gasteiger partial charge in [-0.25, -0.2) is 4.79 Å². The Bertz CT molecular complexity index is 313. The molecule has 7 nitrogen and oxygen atoms in total. The molecule has 18 heavy (non-hydrogen) atoms. The van der Waals surface area contributed by atoms with E-state index in [2.05, 4.69) is 5.32 Å². The number of nitrogens with zero attached hydrogens (tertiary/aromatic N) is 2. The van der Waals surface area contributed by atoms with Crippen LogP contribution in [0.2, 0.25) is 0 Å². The SMILES string of the molecule is CC1(C)NC(=O)N(CCN(CCO)CCO)C1=O. The summed E-state index contributed by atoms with van der Waals surface area (Å²) in [4.78, 5) is 26.5. The minimum Gasteiger partial charge on any atom is -0.395 e. The van der Waals surface area contributed by atoms with E-state index in [-0.39, 0.29) is 25.7 Å². The summed E-state index contributed by atoms with van der Waals surface area (Å²) in [7, 11) is 0. The molecule has 3 amide bonds. The van der Waals surface area contributed by atoms with Crippen LogP contribution in [0, 0.1) is 0 Å². The van der Waals surface area contributed by atoms with Gasteiger partial charge >= 0.3 is 6.03 Å². The normalized spacial score (nSPS) is 18.6. The third-order valence-corrected chi connectivity index (χ3v) is 2.92. The molecule has 0 saturated carbocycles. The number of aliphatic hydroxyl groups is 2. The number of nitrogens with one attached hydrogen (secondary N) is 1. The van der Waals surface area contributed by atoms with Crippen molar-refractivity contribution < 1.29 is 19.8 Å². The summed E-state index contributed by atoms with van der Waals surface area (Å²) < 4.78 is 0. The Morgan fingerprint density at radius 1 is 1.17 bits per heavy atom. The monoisotopic (exact) mass is 259 g/mol. The minimum atomic E-state index is -0.851. The van der Waals surface area contributed by atoms with Gasteiger partial charge < -0.3 is 15.5 Å². The maximum absolute atomic E-state index is 11.9. The first-order valence-corrected chi connectivity index (χ1v) is 6.00. The highest BCUT2D eigenvalue weighted by Crippen LogP contribution is 2.16. The van der Waals surface area contributed by atoms with Gasteiger partial charge in [-0.15, -0.1) is 0 Å². The number of urea groups is 1. The number of carbonyl (C=O) groups excluding carboxylic acids is 2. The highest BCUT2D eigenvalue weighted by Gasteiger charge is 2.43. The number of aliphatic hydroxyl groups excluding tert-OH is 2. The third-order valence-electron chi connectivity index (χ3n) is 2.92. The van der Waals surface area contributed by atoms with Crippen LogP contribution >= 0.6 is 0 Å². The fraction of sp³-hybridized carbons (Fsp3) is 0.818. The van der Waals surface area contributed by atoms with Gasteiger partial charge in [-0.3, -0.25) is 14.6 Å². The van der Waals surface area contributed by atoms with Crippen LogP contribution in [-0.4, -0.2) is 76.9 Å². The number of carbonyl (C=O) groups is 2. The second-order valence-corrected chi connectivity index (χ2v) is 4.80. The van der Waals surface area contributed by atoms with Crippen LogP contribution in [0.1, 0.15) is 13.8 Å². The second kappa shape index (κ2) is 6.12. The van der Waals surface area contributed by atoms with E-state index in [1.807, 2.05) is 0 Å². The van der Waals surface area contributed by atoms with Crippen molar-refractivity contribution in [2.75, 3.05) is 39.4 Å². The quantitative estimate of drug-likeness (QED) is 0.489. The van der Waals surface area contributed by atoms with Crippen molar-refractivity contribution in [2.45, 2.75) is 19.4 Å². The number of amides is 3. The van der Waals surface area contributed by atoms with Crippen molar-refractivity contribution in [1.29, 1.82) is 0 Å². The average molecular weight is 259 g/mol. The number of hydrogen-bond donors (Lipinski definition) is 3. The van der Waals surface area contributed by atoms with Crippen LogP contribution in [0.25, 0.3) is 0 Å². The van der Waals surface area contributed by atoms with Gasteiger partial charge in [0.15, 0.2) is 0 Å². The fourth-order valence-electron chi connectivity index (χ4n) is 1.88. The van der Waals surface area contributed by atoms with E-state index in [4.69, 9.17) is 10.2 Å². The first-order valence-electron chi connectivity index (χ1n) is 6.00. The predicted molar refractivity (Wildman–Crippen MR) is 64.9 cm³/mol. The molecule has 1 aliphatic heterocycles. The van der Waals surface area contributed by atoms with Crippen molar-refractivity contribution in [3.05, 3.63) is 0 Å². The lowest BCUT2D eigenvalue weighted by Crippen LogP contribution is -2.42. The zero-order valence-electron chi connectivity index (χ0n) is 10.8. The van der Waals surface area contributed by atoms with Crippen LogP contribution < -0.4 is 5.32 Å². The molecule has 0 bridgehead atoms. The lowest BCUT2D eigenvalue weighted by atomic mass is 10.1. The van der Waals surface area contributed by atoms with Gasteiger partial charge in [-0.1, -0.05) is 0 Å². The van der Waals surface area contributed by atoms with E-state index in [0.29, 0.717) is 19.6 Å². The minimum absolute atomic E-state index is 0.0222. The first kappa shape index (κ1) is 14.9. The molecule has 0 aromatic heterocycles. The van der Waals surface area contributed by atoms with E-state index in [0.717, 1.165) is 0 Å². The topological polar surface area (TPSA) is 93.1 Å². The molecule has 0 radical (unpaired) electrons. The Morgan fingerprint density at radius 3 is 2.11 bits per heavy atom. The van der Waals surface area contributed by atoms with E-state index in [1.54, 1.807) is 18.7 Å². The Morgan fingerprint density at radius 2 is 1.72 bits per heavy atom. The van der Waals surface area contributed by atoms with Crippen LogP contribution in [0.5, 0.6) is 0 Å². The van der Waals surface area contributed by atoms with Gasteiger partial charge in [0.2, 0.25) is 0 Å². The van der Waals surface area contributed by atoms with Gasteiger partial charge in [-0.2, -0.15) is 0 Å². The van der Waals surface area contributed by atoms with Crippen LogP contribution in [-0.2, 0) is 4.79 Å². The summed E-state index contributed by atoms with van der Waals surface area (Å²) in [6.07, 6.45) is 0. The van der Waals surface area contributed by atoms with Crippen molar-refractivity contribution in [3.8, 4) is 0 Å². The Labute approximate surface area is 106 Å². The molecule has 0 atom stereocenters. The molecule has 0 unspecified atom stereocenters. The summed E-state index contributed by atoms with van der Waals surface area (Å²) in [6, 6.07) is -0.391. The zero-order valence-corrected chi connectivity index (χ0v) is 10.8. The summed E-state index contributed by atoms with van der Waals surface area (Å²) in [6.45, 7) is 4.79. The van der Waals surface area contributed by atoms with E-state index in [9.17, 15) is 9.59 Å². The largest absolute Gasteiger partial charge is 0.395 e. The zero-order chi connectivity index (χ0) is 13.8. The highest BCUT2D eigenvalue weighted by atomic mass is 16.3. The van der Waals surface area contributed by atoms with Crippen molar-refractivity contribution in [2.24, 2.45) is 0 Å². The smallest absolute Gasteiger partial charge is 0.325 e. The molecule has 1 aliphatic rings. The van der Waals surface area contributed by atoms with Gasteiger partial charge in [-0.05, 0) is 13.8 Å². The molecule has 1 rings (SSSR count). The second-order valence-electron chi connectivity index (χ2n) is 4.80. The molecule has 1 heterocycles. The molecule has 0 spiro atoms. The molecule has 1 saturated heterocycles. The Hall–Kier alpha value is -1.18. The molecule has 0 aromatic rings. The van der Waals surface area contributed by atoms with Crippen LogP contribution in [0.15, 0.2) is 0 Å². The number of hydrogen-bond acceptors (Lipinski definition) is 5. The van der Waals surface area contributed by atoms with Crippen molar-refractivity contribution in [1.82, 2.24) is 15.1 Å². The Kier molecular flexibility index (Phi) is 5.06. The van der Waals surface area contributed by atoms with Gasteiger partial charge in [0.25, 0.3) is 5.91 Å². The molecular weight excluding hydrogens is 238 g/mol. The fourth-order valence-corrected chi connectivity index (χ4v) is 1.88. The molecule has 3 N–H and O–H groups in total. The highest BCUT2D eigenvalue weighted by molar-refractivity contribution is 6.06. The van der Waals surface area contributed by atoms with Gasteiger partial charge in [0, 0.05) is 26.2 Å². The lowest BCUT2D eigenvalue weighted by Gasteiger charge is -2.23. The van der Waals surface area contributed by atoms with Crippen molar-refractivity contribution >= 4 is 11.9 Å². The first-order chi connectivity index (χ1) is 8.42. The summed E-state index contributed by atoms with van der Waals surface area (Å²) in [5.74, 6) is -0.250. The summed E-state index contributed by atoms with van der Waals surface area (Å²) in [5.41, 5.74) is -0.851. The van der Waals surface area contributed by atoms with Crippen molar-refractivity contribution in [3.63, 3.8) is 0 Å². The lowest BCUT2D eigenvalue weighted by molar-refractivity contribution is -0.130.